The molecule has 0 saturated heterocycles. The smallest absolute Gasteiger partial charge is 0.0591 e. The van der Waals surface area contributed by atoms with Gasteiger partial charge in [0.05, 0.1) is 19.8 Å². The van der Waals surface area contributed by atoms with Crippen molar-refractivity contribution in [1.82, 2.24) is 5.32 Å². The minimum Gasteiger partial charge on any atom is -0.380 e. The molecule has 1 aliphatic rings. The molecule has 0 aromatic carbocycles. The first-order valence-corrected chi connectivity index (χ1v) is 5.71. The van der Waals surface area contributed by atoms with Gasteiger partial charge in [-0.05, 0) is 24.7 Å². The molecular formula is C13H21NO. The van der Waals surface area contributed by atoms with Crippen molar-refractivity contribution in [3.63, 3.8) is 0 Å². The van der Waals surface area contributed by atoms with Crippen LogP contribution in [0.25, 0.3) is 0 Å². The third-order valence-corrected chi connectivity index (χ3v) is 2.90. The van der Waals surface area contributed by atoms with E-state index >= 15 is 0 Å². The molecule has 2 unspecified atom stereocenters. The maximum atomic E-state index is 5.63. The van der Waals surface area contributed by atoms with E-state index in [1.165, 1.54) is 12.8 Å². The van der Waals surface area contributed by atoms with Gasteiger partial charge in [0.25, 0.3) is 0 Å². The molecule has 0 fully saturated rings. The van der Waals surface area contributed by atoms with Crippen LogP contribution in [0, 0.1) is 24.2 Å². The quantitative estimate of drug-likeness (QED) is 0.407. The molecule has 15 heavy (non-hydrogen) atoms. The summed E-state index contributed by atoms with van der Waals surface area (Å²) in [7, 11) is 0. The number of terminal acetylenes is 1. The van der Waals surface area contributed by atoms with Crippen molar-refractivity contribution in [3.05, 3.63) is 12.2 Å². The average molecular weight is 207 g/mol. The Balaban J connectivity index is 2.00. The van der Waals surface area contributed by atoms with Crippen LogP contribution in [-0.2, 0) is 4.74 Å². The van der Waals surface area contributed by atoms with Crippen LogP contribution in [0.15, 0.2) is 12.2 Å². The van der Waals surface area contributed by atoms with E-state index in [4.69, 9.17) is 11.2 Å². The zero-order chi connectivity index (χ0) is 10.9. The molecule has 0 amide bonds. The molecule has 0 heterocycles. The van der Waals surface area contributed by atoms with Crippen LogP contribution in [0.2, 0.25) is 0 Å². The Bertz CT molecular complexity index is 229. The van der Waals surface area contributed by atoms with Gasteiger partial charge >= 0.3 is 0 Å². The van der Waals surface area contributed by atoms with Gasteiger partial charge in [0.2, 0.25) is 0 Å². The molecule has 2 atom stereocenters. The lowest BCUT2D eigenvalue weighted by atomic mass is 9.85. The van der Waals surface area contributed by atoms with E-state index in [-0.39, 0.29) is 0 Å². The van der Waals surface area contributed by atoms with Gasteiger partial charge in [-0.15, -0.1) is 6.42 Å². The topological polar surface area (TPSA) is 21.3 Å². The third-order valence-electron chi connectivity index (χ3n) is 2.90. The van der Waals surface area contributed by atoms with Gasteiger partial charge in [-0.2, -0.15) is 0 Å². The Morgan fingerprint density at radius 2 is 2.27 bits per heavy atom. The Labute approximate surface area is 93.1 Å². The third kappa shape index (κ3) is 5.01. The van der Waals surface area contributed by atoms with Gasteiger partial charge in [0.1, 0.15) is 0 Å². The fourth-order valence-corrected chi connectivity index (χ4v) is 1.78. The van der Waals surface area contributed by atoms with Gasteiger partial charge in [-0.1, -0.05) is 25.0 Å². The van der Waals surface area contributed by atoms with E-state index in [2.05, 4.69) is 30.3 Å². The average Bonchev–Trinajstić information content (AvgIpc) is 2.25. The number of hydrogen-bond acceptors (Lipinski definition) is 2. The summed E-state index contributed by atoms with van der Waals surface area (Å²) in [5.74, 6) is 3.99. The summed E-state index contributed by atoms with van der Waals surface area (Å²) >= 11 is 0. The van der Waals surface area contributed by atoms with Gasteiger partial charge in [0.15, 0.2) is 0 Å². The lowest BCUT2D eigenvalue weighted by Crippen LogP contribution is -2.24. The number of nitrogens with one attached hydrogen (secondary N) is 1. The number of allylic oxidation sites excluding steroid dienone is 2. The highest BCUT2D eigenvalue weighted by atomic mass is 16.5. The summed E-state index contributed by atoms with van der Waals surface area (Å²) in [6, 6.07) is 0. The molecule has 1 rings (SSSR count). The van der Waals surface area contributed by atoms with E-state index in [0.29, 0.717) is 12.5 Å². The second-order valence-corrected chi connectivity index (χ2v) is 4.14. The fourth-order valence-electron chi connectivity index (χ4n) is 1.78. The summed E-state index contributed by atoms with van der Waals surface area (Å²) < 4.78 is 5.63. The van der Waals surface area contributed by atoms with Crippen molar-refractivity contribution < 1.29 is 4.74 Å². The van der Waals surface area contributed by atoms with Crippen LogP contribution < -0.4 is 5.32 Å². The molecule has 0 bridgehead atoms. The first-order valence-electron chi connectivity index (χ1n) is 5.71. The van der Waals surface area contributed by atoms with Crippen LogP contribution in [0.3, 0.4) is 0 Å². The molecule has 1 N–H and O–H groups in total. The minimum absolute atomic E-state index is 0.631. The highest BCUT2D eigenvalue weighted by Gasteiger charge is 2.17. The molecule has 1 aliphatic carbocycles. The summed E-state index contributed by atoms with van der Waals surface area (Å²) in [5.41, 5.74) is 0. The predicted molar refractivity (Wildman–Crippen MR) is 63.5 cm³/mol. The SMILES string of the molecule is C#CCNCCOCC1CC=CCC1C. The molecular weight excluding hydrogens is 186 g/mol. The maximum absolute atomic E-state index is 5.63. The van der Waals surface area contributed by atoms with Gasteiger partial charge in [0, 0.05) is 6.54 Å². The van der Waals surface area contributed by atoms with Gasteiger partial charge in [-0.3, -0.25) is 0 Å². The van der Waals surface area contributed by atoms with Crippen molar-refractivity contribution in [2.24, 2.45) is 11.8 Å². The number of ether oxygens (including phenoxy) is 1. The highest BCUT2D eigenvalue weighted by Crippen LogP contribution is 2.24. The van der Waals surface area contributed by atoms with E-state index in [0.717, 1.165) is 25.7 Å². The molecule has 0 aromatic heterocycles. The molecule has 0 aromatic rings. The van der Waals surface area contributed by atoms with E-state index in [1.807, 2.05) is 0 Å². The Morgan fingerprint density at radius 1 is 1.47 bits per heavy atom. The van der Waals surface area contributed by atoms with Crippen molar-refractivity contribution in [2.45, 2.75) is 19.8 Å². The highest BCUT2D eigenvalue weighted by molar-refractivity contribution is 4.93. The molecule has 0 radical (unpaired) electrons. The zero-order valence-electron chi connectivity index (χ0n) is 9.54. The van der Waals surface area contributed by atoms with Crippen LogP contribution in [0.4, 0.5) is 0 Å². The second kappa shape index (κ2) is 7.50. The standard InChI is InChI=1S/C13H21NO/c1-3-8-14-9-10-15-11-13-7-5-4-6-12(13)2/h1,4-5,12-14H,6-11H2,2H3. The first kappa shape index (κ1) is 12.3. The lowest BCUT2D eigenvalue weighted by molar-refractivity contribution is 0.0813. The first-order chi connectivity index (χ1) is 7.34. The monoisotopic (exact) mass is 207 g/mol. The summed E-state index contributed by atoms with van der Waals surface area (Å²) in [4.78, 5) is 0. The summed E-state index contributed by atoms with van der Waals surface area (Å²) in [6.07, 6.45) is 12.0. The van der Waals surface area contributed by atoms with Crippen molar-refractivity contribution in [2.75, 3.05) is 26.3 Å². The van der Waals surface area contributed by atoms with Crippen molar-refractivity contribution >= 4 is 0 Å². The summed E-state index contributed by atoms with van der Waals surface area (Å²) in [6.45, 7) is 5.42. The maximum Gasteiger partial charge on any atom is 0.0591 e. The predicted octanol–water partition coefficient (Wildman–Crippen LogP) is 1.83. The largest absolute Gasteiger partial charge is 0.380 e. The van der Waals surface area contributed by atoms with Crippen LogP contribution in [-0.4, -0.2) is 26.3 Å². The van der Waals surface area contributed by atoms with Crippen molar-refractivity contribution in [1.29, 1.82) is 0 Å². The molecule has 0 aliphatic heterocycles. The van der Waals surface area contributed by atoms with Crippen LogP contribution >= 0.6 is 0 Å². The fraction of sp³-hybridized carbons (Fsp3) is 0.692. The number of rotatable bonds is 6. The van der Waals surface area contributed by atoms with Crippen LogP contribution in [0.5, 0.6) is 0 Å². The molecule has 2 nitrogen and oxygen atoms in total. The zero-order valence-corrected chi connectivity index (χ0v) is 9.54. The van der Waals surface area contributed by atoms with E-state index in [1.54, 1.807) is 0 Å². The Hall–Kier alpha value is -0.780. The molecule has 0 spiro atoms. The Kier molecular flexibility index (Phi) is 6.15. The van der Waals surface area contributed by atoms with Gasteiger partial charge in [-0.25, -0.2) is 0 Å². The lowest BCUT2D eigenvalue weighted by Gasteiger charge is -2.24. The van der Waals surface area contributed by atoms with E-state index < -0.39 is 0 Å². The van der Waals surface area contributed by atoms with Gasteiger partial charge < -0.3 is 10.1 Å². The summed E-state index contributed by atoms with van der Waals surface area (Å²) in [5, 5.41) is 3.11. The minimum atomic E-state index is 0.631. The second-order valence-electron chi connectivity index (χ2n) is 4.14. The molecule has 2 heteroatoms. The molecule has 84 valence electrons. The van der Waals surface area contributed by atoms with Crippen molar-refractivity contribution in [3.8, 4) is 12.3 Å². The number of hydrogen-bond donors (Lipinski definition) is 1. The normalized spacial score (nSPS) is 25.1. The molecule has 0 saturated carbocycles. The van der Waals surface area contributed by atoms with Crippen LogP contribution in [0.1, 0.15) is 19.8 Å². The Morgan fingerprint density at radius 3 is 3.00 bits per heavy atom. The van der Waals surface area contributed by atoms with E-state index in [9.17, 15) is 0 Å².